The molecule has 17 heavy (non-hydrogen) atoms. The maximum Gasteiger partial charge on any atom is 0.325 e. The van der Waals surface area contributed by atoms with Crippen molar-refractivity contribution in [2.75, 3.05) is 0 Å². The number of rotatable bonds is 2. The fraction of sp³-hybridized carbons (Fsp3) is 0.333. The first kappa shape index (κ1) is 11.4. The van der Waals surface area contributed by atoms with Crippen molar-refractivity contribution < 1.29 is 14.7 Å². The Kier molecular flexibility index (Phi) is 2.99. The average Bonchev–Trinajstić information content (AvgIpc) is 2.72. The Morgan fingerprint density at radius 2 is 1.82 bits per heavy atom. The maximum absolute atomic E-state index is 11.8. The van der Waals surface area contributed by atoms with E-state index < -0.39 is 12.0 Å². The SMILES string of the molecule is C[C@@H](NC(=O)N1Cc2ccccc2C1)C(=O)O. The van der Waals surface area contributed by atoms with E-state index in [0.717, 1.165) is 11.1 Å². The van der Waals surface area contributed by atoms with Gasteiger partial charge in [0.1, 0.15) is 6.04 Å². The van der Waals surface area contributed by atoms with Crippen molar-refractivity contribution in [1.29, 1.82) is 0 Å². The van der Waals surface area contributed by atoms with Crippen LogP contribution in [0.4, 0.5) is 4.79 Å². The second-order valence-corrected chi connectivity index (χ2v) is 4.13. The minimum atomic E-state index is -1.03. The van der Waals surface area contributed by atoms with Gasteiger partial charge in [0.25, 0.3) is 0 Å². The van der Waals surface area contributed by atoms with Crippen LogP contribution >= 0.6 is 0 Å². The normalized spacial score (nSPS) is 15.2. The van der Waals surface area contributed by atoms with E-state index >= 15 is 0 Å². The fourth-order valence-corrected chi connectivity index (χ4v) is 1.81. The number of hydrogen-bond acceptors (Lipinski definition) is 2. The largest absolute Gasteiger partial charge is 0.480 e. The van der Waals surface area contributed by atoms with Crippen LogP contribution in [0.3, 0.4) is 0 Å². The predicted octanol–water partition coefficient (Wildman–Crippen LogP) is 1.18. The molecule has 2 N–H and O–H groups in total. The van der Waals surface area contributed by atoms with Crippen molar-refractivity contribution in [3.05, 3.63) is 35.4 Å². The van der Waals surface area contributed by atoms with Crippen LogP contribution in [0.1, 0.15) is 18.1 Å². The topological polar surface area (TPSA) is 69.6 Å². The number of aliphatic carboxylic acids is 1. The van der Waals surface area contributed by atoms with Crippen molar-refractivity contribution in [2.24, 2.45) is 0 Å². The Balaban J connectivity index is 1.99. The van der Waals surface area contributed by atoms with Gasteiger partial charge in [0.05, 0.1) is 0 Å². The van der Waals surface area contributed by atoms with E-state index in [4.69, 9.17) is 5.11 Å². The molecule has 1 aromatic carbocycles. The van der Waals surface area contributed by atoms with Crippen LogP contribution in [-0.4, -0.2) is 28.0 Å². The molecule has 0 aliphatic carbocycles. The molecule has 1 aliphatic rings. The molecule has 0 saturated heterocycles. The number of carbonyl (C=O) groups is 2. The van der Waals surface area contributed by atoms with E-state index in [1.54, 1.807) is 4.90 Å². The highest BCUT2D eigenvalue weighted by molar-refractivity contribution is 5.82. The summed E-state index contributed by atoms with van der Waals surface area (Å²) >= 11 is 0. The van der Waals surface area contributed by atoms with Crippen molar-refractivity contribution in [3.8, 4) is 0 Å². The first-order chi connectivity index (χ1) is 8.08. The van der Waals surface area contributed by atoms with Crippen LogP contribution < -0.4 is 5.32 Å². The molecule has 2 rings (SSSR count). The number of hydrogen-bond donors (Lipinski definition) is 2. The molecule has 0 radical (unpaired) electrons. The number of benzene rings is 1. The predicted molar refractivity (Wildman–Crippen MR) is 61.3 cm³/mol. The quantitative estimate of drug-likeness (QED) is 0.807. The molecule has 0 aromatic heterocycles. The number of carbonyl (C=O) groups excluding carboxylic acids is 1. The Morgan fingerprint density at radius 1 is 1.29 bits per heavy atom. The van der Waals surface area contributed by atoms with Crippen LogP contribution in [0.2, 0.25) is 0 Å². The highest BCUT2D eigenvalue weighted by Gasteiger charge is 2.24. The minimum Gasteiger partial charge on any atom is -0.480 e. The Labute approximate surface area is 99.0 Å². The molecule has 0 saturated carbocycles. The van der Waals surface area contributed by atoms with Gasteiger partial charge in [-0.2, -0.15) is 0 Å². The van der Waals surface area contributed by atoms with Crippen LogP contribution in [0.15, 0.2) is 24.3 Å². The van der Waals surface area contributed by atoms with Crippen LogP contribution in [0, 0.1) is 0 Å². The Hall–Kier alpha value is -2.04. The zero-order valence-electron chi connectivity index (χ0n) is 9.51. The lowest BCUT2D eigenvalue weighted by Gasteiger charge is -2.18. The number of fused-ring (bicyclic) bond motifs is 1. The molecule has 0 fully saturated rings. The van der Waals surface area contributed by atoms with E-state index in [2.05, 4.69) is 5.32 Å². The molecule has 1 heterocycles. The average molecular weight is 234 g/mol. The number of urea groups is 1. The van der Waals surface area contributed by atoms with Crippen molar-refractivity contribution >= 4 is 12.0 Å². The molecule has 1 aromatic rings. The molecule has 2 amide bonds. The van der Waals surface area contributed by atoms with Gasteiger partial charge in [-0.25, -0.2) is 4.79 Å². The van der Waals surface area contributed by atoms with Gasteiger partial charge in [0.2, 0.25) is 0 Å². The van der Waals surface area contributed by atoms with Gasteiger partial charge < -0.3 is 15.3 Å². The molecular weight excluding hydrogens is 220 g/mol. The summed E-state index contributed by atoms with van der Waals surface area (Å²) in [5, 5.41) is 11.2. The third-order valence-corrected chi connectivity index (χ3v) is 2.84. The number of nitrogens with one attached hydrogen (secondary N) is 1. The van der Waals surface area contributed by atoms with Gasteiger partial charge in [-0.3, -0.25) is 4.79 Å². The van der Waals surface area contributed by atoms with Crippen LogP contribution in [-0.2, 0) is 17.9 Å². The zero-order chi connectivity index (χ0) is 12.4. The van der Waals surface area contributed by atoms with Crippen LogP contribution in [0.25, 0.3) is 0 Å². The molecule has 0 bridgehead atoms. The summed E-state index contributed by atoms with van der Waals surface area (Å²) < 4.78 is 0. The Bertz CT molecular complexity index is 434. The lowest BCUT2D eigenvalue weighted by Crippen LogP contribution is -2.44. The van der Waals surface area contributed by atoms with E-state index in [1.165, 1.54) is 6.92 Å². The summed E-state index contributed by atoms with van der Waals surface area (Å²) in [5.74, 6) is -1.03. The van der Waals surface area contributed by atoms with Crippen LogP contribution in [0.5, 0.6) is 0 Å². The maximum atomic E-state index is 11.8. The first-order valence-corrected chi connectivity index (χ1v) is 5.43. The second kappa shape index (κ2) is 4.45. The summed E-state index contributed by atoms with van der Waals surface area (Å²) in [7, 11) is 0. The van der Waals surface area contributed by atoms with Gasteiger partial charge in [-0.05, 0) is 18.1 Å². The van der Waals surface area contributed by atoms with Gasteiger partial charge in [0, 0.05) is 13.1 Å². The minimum absolute atomic E-state index is 0.337. The third-order valence-electron chi connectivity index (χ3n) is 2.84. The molecule has 1 atom stereocenters. The molecule has 1 aliphatic heterocycles. The smallest absolute Gasteiger partial charge is 0.325 e. The highest BCUT2D eigenvalue weighted by atomic mass is 16.4. The third kappa shape index (κ3) is 2.38. The summed E-state index contributed by atoms with van der Waals surface area (Å²) in [6, 6.07) is 6.61. The van der Waals surface area contributed by atoms with E-state index in [0.29, 0.717) is 13.1 Å². The molecule has 90 valence electrons. The number of nitrogens with zero attached hydrogens (tertiary/aromatic N) is 1. The molecule has 5 nitrogen and oxygen atoms in total. The van der Waals surface area contributed by atoms with Crippen molar-refractivity contribution in [1.82, 2.24) is 10.2 Å². The van der Waals surface area contributed by atoms with Crippen molar-refractivity contribution in [3.63, 3.8) is 0 Å². The van der Waals surface area contributed by atoms with E-state index in [1.807, 2.05) is 24.3 Å². The first-order valence-electron chi connectivity index (χ1n) is 5.43. The lowest BCUT2D eigenvalue weighted by atomic mass is 10.1. The van der Waals surface area contributed by atoms with Gasteiger partial charge >= 0.3 is 12.0 Å². The van der Waals surface area contributed by atoms with E-state index in [9.17, 15) is 9.59 Å². The number of amides is 2. The summed E-state index contributed by atoms with van der Waals surface area (Å²) in [6.07, 6.45) is 0. The summed E-state index contributed by atoms with van der Waals surface area (Å²) in [5.41, 5.74) is 2.23. The molecule has 0 spiro atoms. The molecule has 0 unspecified atom stereocenters. The second-order valence-electron chi connectivity index (χ2n) is 4.13. The molecular formula is C12H14N2O3. The standard InChI is InChI=1S/C12H14N2O3/c1-8(11(15)16)13-12(17)14-6-9-4-2-3-5-10(9)7-14/h2-5,8H,6-7H2,1H3,(H,13,17)(H,15,16)/t8-/m1/s1. The van der Waals surface area contributed by atoms with E-state index in [-0.39, 0.29) is 6.03 Å². The highest BCUT2D eigenvalue weighted by Crippen LogP contribution is 2.21. The number of carboxylic acid groups (broad SMARTS) is 1. The van der Waals surface area contributed by atoms with Gasteiger partial charge in [-0.15, -0.1) is 0 Å². The molecule has 5 heteroatoms. The number of carboxylic acids is 1. The van der Waals surface area contributed by atoms with Gasteiger partial charge in [0.15, 0.2) is 0 Å². The monoisotopic (exact) mass is 234 g/mol. The Morgan fingerprint density at radius 3 is 2.29 bits per heavy atom. The van der Waals surface area contributed by atoms with Gasteiger partial charge in [-0.1, -0.05) is 24.3 Å². The van der Waals surface area contributed by atoms with Crippen molar-refractivity contribution in [2.45, 2.75) is 26.1 Å². The summed E-state index contributed by atoms with van der Waals surface area (Å²) in [4.78, 5) is 24.0. The fourth-order valence-electron chi connectivity index (χ4n) is 1.81. The summed E-state index contributed by atoms with van der Waals surface area (Å²) in [6.45, 7) is 2.52. The lowest BCUT2D eigenvalue weighted by molar-refractivity contribution is -0.138. The zero-order valence-corrected chi connectivity index (χ0v) is 9.51.